The first-order chi connectivity index (χ1) is 9.99. The lowest BCUT2D eigenvalue weighted by molar-refractivity contribution is 0.299. The van der Waals surface area contributed by atoms with Crippen LogP contribution < -0.4 is 14.9 Å². The number of aryl methyl sites for hydroxylation is 1. The Hall–Kier alpha value is -2.12. The Morgan fingerprint density at radius 2 is 2.00 bits per heavy atom. The number of nitrogens with zero attached hydrogens (tertiary/aromatic N) is 1. The number of methoxy groups -OCH3 is 1. The van der Waals surface area contributed by atoms with E-state index in [4.69, 9.17) is 9.47 Å². The van der Waals surface area contributed by atoms with E-state index in [9.17, 15) is 14.4 Å². The van der Waals surface area contributed by atoms with Gasteiger partial charge in [-0.15, -0.1) is 0 Å². The summed E-state index contributed by atoms with van der Waals surface area (Å²) in [5.74, 6) is 0.180. The third-order valence-corrected chi connectivity index (χ3v) is 2.85. The molecule has 0 saturated heterocycles. The van der Waals surface area contributed by atoms with Crippen molar-refractivity contribution in [2.75, 3.05) is 7.11 Å². The zero-order chi connectivity index (χ0) is 15.4. The SMILES string of the molecule is COc1cc(C)nc(COc2cc(F)ccc2B(O)O)c1. The van der Waals surface area contributed by atoms with Crippen LogP contribution in [0, 0.1) is 12.7 Å². The minimum Gasteiger partial charge on any atom is -0.497 e. The summed E-state index contributed by atoms with van der Waals surface area (Å²) in [6, 6.07) is 6.97. The summed E-state index contributed by atoms with van der Waals surface area (Å²) in [5.41, 5.74) is 1.44. The zero-order valence-electron chi connectivity index (χ0n) is 11.7. The monoisotopic (exact) mass is 291 g/mol. The summed E-state index contributed by atoms with van der Waals surface area (Å²) in [4.78, 5) is 4.27. The second kappa shape index (κ2) is 6.56. The predicted molar refractivity (Wildman–Crippen MR) is 76.1 cm³/mol. The van der Waals surface area contributed by atoms with Crippen LogP contribution in [0.5, 0.6) is 11.5 Å². The van der Waals surface area contributed by atoms with E-state index in [-0.39, 0.29) is 17.8 Å². The molecule has 1 heterocycles. The van der Waals surface area contributed by atoms with E-state index in [1.54, 1.807) is 19.2 Å². The predicted octanol–water partition coefficient (Wildman–Crippen LogP) is 0.797. The number of rotatable bonds is 5. The van der Waals surface area contributed by atoms with Crippen molar-refractivity contribution in [3.8, 4) is 11.5 Å². The molecule has 0 radical (unpaired) electrons. The molecule has 7 heteroatoms. The fourth-order valence-electron chi connectivity index (χ4n) is 1.89. The van der Waals surface area contributed by atoms with Crippen molar-refractivity contribution >= 4 is 12.6 Å². The van der Waals surface area contributed by atoms with E-state index >= 15 is 0 Å². The first-order valence-corrected chi connectivity index (χ1v) is 6.29. The van der Waals surface area contributed by atoms with Crippen molar-refractivity contribution in [3.05, 3.63) is 47.5 Å². The van der Waals surface area contributed by atoms with Crippen molar-refractivity contribution in [1.29, 1.82) is 0 Å². The van der Waals surface area contributed by atoms with E-state index in [0.29, 0.717) is 11.4 Å². The molecule has 0 saturated carbocycles. The lowest BCUT2D eigenvalue weighted by atomic mass is 9.79. The molecule has 1 aromatic heterocycles. The minimum atomic E-state index is -1.74. The van der Waals surface area contributed by atoms with E-state index in [1.807, 2.05) is 6.92 Å². The maximum absolute atomic E-state index is 13.2. The Labute approximate surface area is 122 Å². The van der Waals surface area contributed by atoms with Crippen molar-refractivity contribution in [1.82, 2.24) is 4.98 Å². The Bertz CT molecular complexity index is 636. The van der Waals surface area contributed by atoms with Gasteiger partial charge in [0, 0.05) is 29.4 Å². The molecule has 110 valence electrons. The molecule has 0 atom stereocenters. The van der Waals surface area contributed by atoms with Crippen molar-refractivity contribution < 1.29 is 23.9 Å². The molecule has 21 heavy (non-hydrogen) atoms. The summed E-state index contributed by atoms with van der Waals surface area (Å²) in [6.45, 7) is 1.87. The third-order valence-electron chi connectivity index (χ3n) is 2.85. The molecule has 0 unspecified atom stereocenters. The standard InChI is InChI=1S/C14H15BFNO4/c1-9-5-12(20-2)7-11(17-9)8-21-14-6-10(16)3-4-13(14)15(18)19/h3-7,18-19H,8H2,1-2H3. The van der Waals surface area contributed by atoms with Crippen LogP contribution in [0.2, 0.25) is 0 Å². The van der Waals surface area contributed by atoms with Crippen LogP contribution in [-0.4, -0.2) is 29.3 Å². The van der Waals surface area contributed by atoms with Gasteiger partial charge in [0.15, 0.2) is 0 Å². The van der Waals surface area contributed by atoms with Gasteiger partial charge in [0.25, 0.3) is 0 Å². The van der Waals surface area contributed by atoms with Crippen LogP contribution in [-0.2, 0) is 6.61 Å². The van der Waals surface area contributed by atoms with Crippen molar-refractivity contribution in [3.63, 3.8) is 0 Å². The van der Waals surface area contributed by atoms with Gasteiger partial charge in [0.2, 0.25) is 0 Å². The molecule has 0 aliphatic carbocycles. The van der Waals surface area contributed by atoms with Crippen LogP contribution in [0.25, 0.3) is 0 Å². The number of ether oxygens (including phenoxy) is 2. The fraction of sp³-hybridized carbons (Fsp3) is 0.214. The molecule has 0 fully saturated rings. The normalized spacial score (nSPS) is 10.3. The zero-order valence-corrected chi connectivity index (χ0v) is 11.7. The van der Waals surface area contributed by atoms with Gasteiger partial charge in [-0.2, -0.15) is 0 Å². The fourth-order valence-corrected chi connectivity index (χ4v) is 1.89. The van der Waals surface area contributed by atoms with Crippen LogP contribution in [0.1, 0.15) is 11.4 Å². The van der Waals surface area contributed by atoms with Crippen molar-refractivity contribution in [2.24, 2.45) is 0 Å². The highest BCUT2D eigenvalue weighted by Gasteiger charge is 2.18. The molecule has 2 rings (SSSR count). The number of halogens is 1. The van der Waals surface area contributed by atoms with Gasteiger partial charge in [-0.3, -0.25) is 4.98 Å². The van der Waals surface area contributed by atoms with E-state index in [2.05, 4.69) is 4.98 Å². The quantitative estimate of drug-likeness (QED) is 0.797. The minimum absolute atomic E-state index is 0.0568. The molecule has 2 N–H and O–H groups in total. The summed E-state index contributed by atoms with van der Waals surface area (Å²) in [7, 11) is -0.188. The Balaban J connectivity index is 2.20. The number of benzene rings is 1. The van der Waals surface area contributed by atoms with Gasteiger partial charge in [-0.25, -0.2) is 4.39 Å². The molecular weight excluding hydrogens is 276 g/mol. The molecule has 5 nitrogen and oxygen atoms in total. The van der Waals surface area contributed by atoms with Crippen LogP contribution in [0.4, 0.5) is 4.39 Å². The molecular formula is C14H15BFNO4. The molecule has 2 aromatic rings. The average Bonchev–Trinajstić information content (AvgIpc) is 2.44. The number of aromatic nitrogens is 1. The smallest absolute Gasteiger partial charge is 0.492 e. The van der Waals surface area contributed by atoms with Crippen LogP contribution in [0.15, 0.2) is 30.3 Å². The van der Waals surface area contributed by atoms with E-state index < -0.39 is 12.9 Å². The summed E-state index contributed by atoms with van der Waals surface area (Å²) >= 11 is 0. The Morgan fingerprint density at radius 3 is 2.67 bits per heavy atom. The average molecular weight is 291 g/mol. The van der Waals surface area contributed by atoms with Crippen molar-refractivity contribution in [2.45, 2.75) is 13.5 Å². The summed E-state index contributed by atoms with van der Waals surface area (Å²) < 4.78 is 23.8. The third kappa shape index (κ3) is 3.93. The summed E-state index contributed by atoms with van der Waals surface area (Å²) in [5, 5.41) is 18.5. The number of hydrogen-bond donors (Lipinski definition) is 2. The highest BCUT2D eigenvalue weighted by atomic mass is 19.1. The van der Waals surface area contributed by atoms with Crippen LogP contribution in [0.3, 0.4) is 0 Å². The largest absolute Gasteiger partial charge is 0.497 e. The lowest BCUT2D eigenvalue weighted by Crippen LogP contribution is -2.31. The molecule has 0 spiro atoms. The maximum Gasteiger partial charge on any atom is 0.492 e. The van der Waals surface area contributed by atoms with Crippen LogP contribution >= 0.6 is 0 Å². The highest BCUT2D eigenvalue weighted by Crippen LogP contribution is 2.16. The highest BCUT2D eigenvalue weighted by molar-refractivity contribution is 6.59. The van der Waals surface area contributed by atoms with Gasteiger partial charge in [0.05, 0.1) is 12.8 Å². The molecule has 0 aliphatic rings. The van der Waals surface area contributed by atoms with E-state index in [1.165, 1.54) is 6.07 Å². The Kier molecular flexibility index (Phi) is 4.77. The van der Waals surface area contributed by atoms with Gasteiger partial charge < -0.3 is 19.5 Å². The Morgan fingerprint density at radius 1 is 1.24 bits per heavy atom. The number of hydrogen-bond acceptors (Lipinski definition) is 5. The second-order valence-corrected chi connectivity index (χ2v) is 4.48. The molecule has 0 aliphatic heterocycles. The molecule has 0 amide bonds. The topological polar surface area (TPSA) is 71.8 Å². The maximum atomic E-state index is 13.2. The molecule has 1 aromatic carbocycles. The van der Waals surface area contributed by atoms with E-state index in [0.717, 1.165) is 17.8 Å². The first kappa shape index (κ1) is 15.3. The summed E-state index contributed by atoms with van der Waals surface area (Å²) in [6.07, 6.45) is 0. The van der Waals surface area contributed by atoms with Gasteiger partial charge >= 0.3 is 7.12 Å². The van der Waals surface area contributed by atoms with Gasteiger partial charge in [-0.1, -0.05) is 6.07 Å². The first-order valence-electron chi connectivity index (χ1n) is 6.29. The second-order valence-electron chi connectivity index (χ2n) is 4.48. The van der Waals surface area contributed by atoms with Gasteiger partial charge in [-0.05, 0) is 13.0 Å². The number of pyridine rings is 1. The lowest BCUT2D eigenvalue weighted by Gasteiger charge is -2.12. The molecule has 0 bridgehead atoms. The van der Waals surface area contributed by atoms with Gasteiger partial charge in [0.1, 0.15) is 23.9 Å².